The minimum Gasteiger partial charge on any atom is -0.494 e. The van der Waals surface area contributed by atoms with Crippen LogP contribution in [0.15, 0.2) is 59.5 Å². The highest BCUT2D eigenvalue weighted by molar-refractivity contribution is 6.18. The molecule has 2 fully saturated rings. The van der Waals surface area contributed by atoms with E-state index in [-0.39, 0.29) is 24.0 Å². The molecule has 2 aliphatic heterocycles. The Morgan fingerprint density at radius 2 is 1.73 bits per heavy atom. The molecule has 0 radical (unpaired) electrons. The van der Waals surface area contributed by atoms with Crippen molar-refractivity contribution in [2.75, 3.05) is 26.7 Å². The van der Waals surface area contributed by atoms with E-state index in [1.165, 1.54) is 22.0 Å². The number of ketones is 1. The molecule has 0 saturated carbocycles. The SMILES string of the molecule is CC[NH2+]c1ccc2ccccc2c1C(C)(C)C/C=C1\C(=O)C(N2CCC(C(=O)ON3C(=O)CCC3=O)CC2)=C1OC. The summed E-state index contributed by atoms with van der Waals surface area (Å²) in [5, 5.41) is 5.27. The zero-order valence-corrected chi connectivity index (χ0v) is 24.2. The number of hydrogen-bond acceptors (Lipinski definition) is 7. The summed E-state index contributed by atoms with van der Waals surface area (Å²) >= 11 is 0. The number of allylic oxidation sites excluding steroid dienone is 3. The van der Waals surface area contributed by atoms with Gasteiger partial charge in [0.2, 0.25) is 5.78 Å². The van der Waals surface area contributed by atoms with Crippen molar-refractivity contribution in [3.05, 3.63) is 65.1 Å². The minimum atomic E-state index is -0.579. The Morgan fingerprint density at radius 1 is 1.05 bits per heavy atom. The zero-order valence-electron chi connectivity index (χ0n) is 24.2. The van der Waals surface area contributed by atoms with Gasteiger partial charge in [0.25, 0.3) is 11.8 Å². The van der Waals surface area contributed by atoms with Gasteiger partial charge in [-0.1, -0.05) is 44.2 Å². The Labute approximate surface area is 240 Å². The van der Waals surface area contributed by atoms with Crippen molar-refractivity contribution in [2.45, 2.75) is 58.3 Å². The number of rotatable bonds is 9. The molecule has 0 aromatic heterocycles. The number of ether oxygens (including phenoxy) is 1. The summed E-state index contributed by atoms with van der Waals surface area (Å²) in [6.07, 6.45) is 3.69. The van der Waals surface area contributed by atoms with Gasteiger partial charge < -0.3 is 19.8 Å². The molecule has 1 aliphatic carbocycles. The van der Waals surface area contributed by atoms with Crippen LogP contribution < -0.4 is 5.32 Å². The number of amides is 2. The summed E-state index contributed by atoms with van der Waals surface area (Å²) in [5.74, 6) is -1.47. The van der Waals surface area contributed by atoms with Crippen molar-refractivity contribution >= 4 is 40.0 Å². The third-order valence-corrected chi connectivity index (χ3v) is 8.33. The first-order chi connectivity index (χ1) is 19.7. The van der Waals surface area contributed by atoms with Crippen LogP contribution in [0.2, 0.25) is 0 Å². The number of carbonyl (C=O) groups is 4. The van der Waals surface area contributed by atoms with Crippen LogP contribution >= 0.6 is 0 Å². The highest BCUT2D eigenvalue weighted by atomic mass is 16.7. The standard InChI is InChI=1S/C32H37N3O6/c1-5-33-24-11-10-20-8-6-7-9-22(20)27(24)32(2,3)17-14-23-29(38)28(30(23)40-4)34-18-15-21(16-19-34)31(39)41-35-25(36)12-13-26(35)37/h6-11,14,21,33H,5,12-13,15-19H2,1-4H3/p+1/b23-14+. The molecule has 0 atom stereocenters. The van der Waals surface area contributed by atoms with Crippen molar-refractivity contribution in [3.63, 3.8) is 0 Å². The number of imide groups is 1. The Hall–Kier alpha value is -3.98. The van der Waals surface area contributed by atoms with E-state index in [1.807, 2.05) is 11.0 Å². The maximum atomic E-state index is 13.4. The fraction of sp³-hybridized carbons (Fsp3) is 0.438. The molecule has 0 unspecified atom stereocenters. The molecule has 216 valence electrons. The monoisotopic (exact) mass is 560 g/mol. The van der Waals surface area contributed by atoms with Crippen molar-refractivity contribution in [1.29, 1.82) is 0 Å². The largest absolute Gasteiger partial charge is 0.494 e. The molecule has 2 N–H and O–H groups in total. The van der Waals surface area contributed by atoms with E-state index < -0.39 is 23.7 Å². The number of quaternary nitrogens is 1. The van der Waals surface area contributed by atoms with Gasteiger partial charge in [-0.15, -0.1) is 5.06 Å². The van der Waals surface area contributed by atoms with E-state index in [1.54, 1.807) is 7.11 Å². The van der Waals surface area contributed by atoms with Crippen LogP contribution in [-0.2, 0) is 34.2 Å². The minimum absolute atomic E-state index is 0.0507. The molecule has 9 heteroatoms. The number of hydroxylamine groups is 2. The van der Waals surface area contributed by atoms with E-state index in [0.29, 0.717) is 54.4 Å². The molecule has 0 bridgehead atoms. The highest BCUT2D eigenvalue weighted by Gasteiger charge is 2.42. The predicted molar refractivity (Wildman–Crippen MR) is 152 cm³/mol. The first-order valence-corrected chi connectivity index (χ1v) is 14.4. The van der Waals surface area contributed by atoms with Gasteiger partial charge in [0.1, 0.15) is 11.4 Å². The van der Waals surface area contributed by atoms with Gasteiger partial charge in [0.05, 0.1) is 25.1 Å². The molecule has 2 aromatic carbocycles. The third-order valence-electron chi connectivity index (χ3n) is 8.33. The van der Waals surface area contributed by atoms with Crippen LogP contribution in [0.25, 0.3) is 10.8 Å². The highest BCUT2D eigenvalue weighted by Crippen LogP contribution is 2.40. The van der Waals surface area contributed by atoms with E-state index >= 15 is 0 Å². The summed E-state index contributed by atoms with van der Waals surface area (Å²) in [5.41, 5.74) is 3.39. The fourth-order valence-corrected chi connectivity index (χ4v) is 6.13. The van der Waals surface area contributed by atoms with Gasteiger partial charge in [-0.3, -0.25) is 14.4 Å². The van der Waals surface area contributed by atoms with E-state index in [2.05, 4.69) is 62.5 Å². The van der Waals surface area contributed by atoms with Crippen LogP contribution in [0, 0.1) is 5.92 Å². The average molecular weight is 561 g/mol. The molecule has 9 nitrogen and oxygen atoms in total. The first kappa shape index (κ1) is 28.5. The summed E-state index contributed by atoms with van der Waals surface area (Å²) in [6, 6.07) is 12.8. The van der Waals surface area contributed by atoms with Gasteiger partial charge in [-0.05, 0) is 54.5 Å². The second-order valence-electron chi connectivity index (χ2n) is 11.5. The summed E-state index contributed by atoms with van der Waals surface area (Å²) < 4.78 is 5.69. The number of nitrogens with two attached hydrogens (primary N) is 1. The lowest BCUT2D eigenvalue weighted by Crippen LogP contribution is -2.77. The topological polar surface area (TPSA) is 110 Å². The van der Waals surface area contributed by atoms with Gasteiger partial charge in [0, 0.05) is 31.5 Å². The zero-order chi connectivity index (χ0) is 29.3. The van der Waals surface area contributed by atoms with Gasteiger partial charge >= 0.3 is 5.97 Å². The van der Waals surface area contributed by atoms with Crippen LogP contribution in [0.4, 0.5) is 5.69 Å². The number of hydrogen-bond donors (Lipinski definition) is 1. The molecular weight excluding hydrogens is 522 g/mol. The van der Waals surface area contributed by atoms with Crippen molar-refractivity contribution in [1.82, 2.24) is 9.96 Å². The molecule has 3 aliphatic rings. The lowest BCUT2D eigenvalue weighted by molar-refractivity contribution is -0.568. The number of Topliss-reactive ketones (excluding diaryl/α,β-unsaturated/α-hetero) is 1. The molecule has 5 rings (SSSR count). The van der Waals surface area contributed by atoms with Gasteiger partial charge in [-0.2, -0.15) is 0 Å². The van der Waals surface area contributed by atoms with E-state index in [9.17, 15) is 19.2 Å². The normalized spacial score (nSPS) is 19.4. The quantitative estimate of drug-likeness (QED) is 0.284. The van der Waals surface area contributed by atoms with Crippen LogP contribution in [0.5, 0.6) is 0 Å². The van der Waals surface area contributed by atoms with Crippen molar-refractivity contribution in [2.24, 2.45) is 5.92 Å². The van der Waals surface area contributed by atoms with E-state index in [0.717, 1.165) is 6.54 Å². The summed E-state index contributed by atoms with van der Waals surface area (Å²) in [7, 11) is 1.58. The Morgan fingerprint density at radius 3 is 2.39 bits per heavy atom. The Balaban J connectivity index is 1.29. The number of methoxy groups -OCH3 is 1. The lowest BCUT2D eigenvalue weighted by Gasteiger charge is -2.38. The molecule has 41 heavy (non-hydrogen) atoms. The smallest absolute Gasteiger partial charge is 0.336 e. The Kier molecular flexibility index (Phi) is 8.00. The first-order valence-electron chi connectivity index (χ1n) is 14.4. The van der Waals surface area contributed by atoms with Gasteiger partial charge in [0.15, 0.2) is 5.76 Å². The molecule has 2 aromatic rings. The van der Waals surface area contributed by atoms with E-state index in [4.69, 9.17) is 9.57 Å². The van der Waals surface area contributed by atoms with Crippen LogP contribution in [-0.4, -0.2) is 60.3 Å². The maximum absolute atomic E-state index is 13.4. The predicted octanol–water partition coefficient (Wildman–Crippen LogP) is 3.41. The van der Waals surface area contributed by atoms with Crippen LogP contribution in [0.1, 0.15) is 58.4 Å². The molecule has 2 saturated heterocycles. The number of likely N-dealkylation sites (tertiary alicyclic amines) is 1. The number of carbonyl (C=O) groups excluding carboxylic acids is 4. The molecular formula is C32H38N3O6+. The van der Waals surface area contributed by atoms with Crippen molar-refractivity contribution < 1.29 is 34.1 Å². The molecule has 2 heterocycles. The average Bonchev–Trinajstić information content (AvgIpc) is 3.28. The molecule has 0 spiro atoms. The third kappa shape index (κ3) is 5.38. The van der Waals surface area contributed by atoms with Gasteiger partial charge in [-0.25, -0.2) is 4.79 Å². The van der Waals surface area contributed by atoms with Crippen LogP contribution in [0.3, 0.4) is 0 Å². The number of fused-ring (bicyclic) bond motifs is 1. The molecule has 2 amide bonds. The summed E-state index contributed by atoms with van der Waals surface area (Å²) in [6.45, 7) is 8.45. The Bertz CT molecular complexity index is 1450. The number of benzene rings is 2. The number of nitrogens with zero attached hydrogens (tertiary/aromatic N) is 2. The summed E-state index contributed by atoms with van der Waals surface area (Å²) in [4.78, 5) is 56.6. The lowest BCUT2D eigenvalue weighted by atomic mass is 9.76. The second kappa shape index (κ2) is 11.5. The fourth-order valence-electron chi connectivity index (χ4n) is 6.13. The van der Waals surface area contributed by atoms with Crippen molar-refractivity contribution in [3.8, 4) is 0 Å². The maximum Gasteiger partial charge on any atom is 0.336 e. The second-order valence-corrected chi connectivity index (χ2v) is 11.5. The number of piperidine rings is 1.